The summed E-state index contributed by atoms with van der Waals surface area (Å²) in [5, 5.41) is 6.08. The molecule has 1 aromatic rings. The second-order valence-electron chi connectivity index (χ2n) is 4.20. The van der Waals surface area contributed by atoms with Crippen LogP contribution in [0.3, 0.4) is 0 Å². The van der Waals surface area contributed by atoms with Gasteiger partial charge < -0.3 is 20.1 Å². The molecule has 0 aromatic heterocycles. The number of hydrogen-bond donors (Lipinski definition) is 2. The molecule has 0 fully saturated rings. The molecule has 6 heteroatoms. The lowest BCUT2D eigenvalue weighted by atomic mass is 10.2. The largest absolute Gasteiger partial charge is 0.454 e. The number of ether oxygens (including phenoxy) is 2. The lowest BCUT2D eigenvalue weighted by Gasteiger charge is -2.07. The van der Waals surface area contributed by atoms with Crippen molar-refractivity contribution < 1.29 is 14.3 Å². The Hall–Kier alpha value is -1.27. The van der Waals surface area contributed by atoms with Crippen molar-refractivity contribution >= 4 is 21.8 Å². The van der Waals surface area contributed by atoms with E-state index >= 15 is 0 Å². The first-order valence-electron chi connectivity index (χ1n) is 6.30. The van der Waals surface area contributed by atoms with Crippen molar-refractivity contribution in [2.75, 3.05) is 26.4 Å². The molecule has 0 spiro atoms. The first-order chi connectivity index (χ1) is 9.22. The summed E-state index contributed by atoms with van der Waals surface area (Å²) in [7, 11) is 0. The van der Waals surface area contributed by atoms with Crippen molar-refractivity contribution in [2.45, 2.75) is 13.3 Å². The van der Waals surface area contributed by atoms with Crippen LogP contribution < -0.4 is 20.1 Å². The van der Waals surface area contributed by atoms with Gasteiger partial charge in [-0.1, -0.05) is 6.92 Å². The minimum absolute atomic E-state index is 0.114. The molecule has 1 heterocycles. The molecule has 0 radical (unpaired) electrons. The van der Waals surface area contributed by atoms with Crippen LogP contribution >= 0.6 is 15.9 Å². The van der Waals surface area contributed by atoms with E-state index in [2.05, 4.69) is 33.5 Å². The molecule has 0 unspecified atom stereocenters. The van der Waals surface area contributed by atoms with E-state index in [-0.39, 0.29) is 12.7 Å². The van der Waals surface area contributed by atoms with Gasteiger partial charge in [-0.15, -0.1) is 0 Å². The second kappa shape index (κ2) is 6.77. The molecular formula is C13H17BrN2O3. The number of carbonyl (C=O) groups is 1. The number of amides is 1. The van der Waals surface area contributed by atoms with Crippen LogP contribution in [0.15, 0.2) is 16.6 Å². The summed E-state index contributed by atoms with van der Waals surface area (Å²) in [5.74, 6) is 1.14. The molecule has 1 aliphatic heterocycles. The number of hydrogen-bond acceptors (Lipinski definition) is 4. The molecule has 2 N–H and O–H groups in total. The molecule has 0 aliphatic carbocycles. The average molecular weight is 329 g/mol. The molecule has 1 aliphatic rings. The molecule has 104 valence electrons. The van der Waals surface area contributed by atoms with Gasteiger partial charge in [0, 0.05) is 18.7 Å². The van der Waals surface area contributed by atoms with Gasteiger partial charge in [-0.25, -0.2) is 0 Å². The lowest BCUT2D eigenvalue weighted by molar-refractivity contribution is 0.0953. The number of halogens is 1. The SMILES string of the molecule is CCCNCCNC(=O)c1cc(Br)c2c(c1)OCO2. The molecule has 5 nitrogen and oxygen atoms in total. The van der Waals surface area contributed by atoms with Crippen LogP contribution in [0.5, 0.6) is 11.5 Å². The van der Waals surface area contributed by atoms with E-state index in [0.717, 1.165) is 24.0 Å². The summed E-state index contributed by atoms with van der Waals surface area (Å²) in [4.78, 5) is 12.0. The van der Waals surface area contributed by atoms with Crippen LogP contribution in [0.4, 0.5) is 0 Å². The molecule has 0 atom stereocenters. The highest BCUT2D eigenvalue weighted by Gasteiger charge is 2.20. The predicted molar refractivity (Wildman–Crippen MR) is 75.8 cm³/mol. The molecule has 1 amide bonds. The Kier molecular flexibility index (Phi) is 5.04. The lowest BCUT2D eigenvalue weighted by Crippen LogP contribution is -2.32. The molecule has 0 saturated heterocycles. The minimum Gasteiger partial charge on any atom is -0.454 e. The zero-order valence-electron chi connectivity index (χ0n) is 10.8. The summed E-state index contributed by atoms with van der Waals surface area (Å²) in [6, 6.07) is 3.43. The average Bonchev–Trinajstić information content (AvgIpc) is 2.87. The fourth-order valence-electron chi connectivity index (χ4n) is 1.77. The maximum atomic E-state index is 12.0. The van der Waals surface area contributed by atoms with E-state index in [0.29, 0.717) is 23.6 Å². The zero-order chi connectivity index (χ0) is 13.7. The molecule has 19 heavy (non-hydrogen) atoms. The summed E-state index contributed by atoms with van der Waals surface area (Å²) < 4.78 is 11.3. The van der Waals surface area contributed by atoms with Gasteiger partial charge in [0.1, 0.15) is 0 Å². The van der Waals surface area contributed by atoms with Crippen LogP contribution in [0.25, 0.3) is 0 Å². The van der Waals surface area contributed by atoms with Gasteiger partial charge in [0.05, 0.1) is 4.47 Å². The standard InChI is InChI=1S/C13H17BrN2O3/c1-2-3-15-4-5-16-13(17)9-6-10(14)12-11(7-9)18-8-19-12/h6-7,15H,2-5,8H2,1H3,(H,16,17). The van der Waals surface area contributed by atoms with E-state index in [1.54, 1.807) is 12.1 Å². The molecule has 0 saturated carbocycles. The Balaban J connectivity index is 1.91. The highest BCUT2D eigenvalue weighted by molar-refractivity contribution is 9.10. The normalized spacial score (nSPS) is 12.5. The third-order valence-electron chi connectivity index (χ3n) is 2.70. The number of fused-ring (bicyclic) bond motifs is 1. The van der Waals surface area contributed by atoms with Crippen molar-refractivity contribution in [2.24, 2.45) is 0 Å². The predicted octanol–water partition coefficient (Wildman–Crippen LogP) is 1.91. The molecule has 2 rings (SSSR count). The topological polar surface area (TPSA) is 59.6 Å². The van der Waals surface area contributed by atoms with Gasteiger partial charge in [-0.3, -0.25) is 4.79 Å². The first kappa shape index (κ1) is 14.1. The summed E-state index contributed by atoms with van der Waals surface area (Å²) in [6.45, 7) is 4.64. The van der Waals surface area contributed by atoms with Gasteiger partial charge in [-0.2, -0.15) is 0 Å². The summed E-state index contributed by atoms with van der Waals surface area (Å²) >= 11 is 3.37. The van der Waals surface area contributed by atoms with Crippen LogP contribution in [0.1, 0.15) is 23.7 Å². The number of nitrogens with one attached hydrogen (secondary N) is 2. The molecule has 0 bridgehead atoms. The quantitative estimate of drug-likeness (QED) is 0.783. The smallest absolute Gasteiger partial charge is 0.251 e. The van der Waals surface area contributed by atoms with Crippen molar-refractivity contribution in [3.8, 4) is 11.5 Å². The molecular weight excluding hydrogens is 312 g/mol. The van der Waals surface area contributed by atoms with E-state index in [9.17, 15) is 4.79 Å². The fraction of sp³-hybridized carbons (Fsp3) is 0.462. The Bertz CT molecular complexity index is 465. The summed E-state index contributed by atoms with van der Waals surface area (Å²) in [5.41, 5.74) is 0.562. The molecule has 1 aromatic carbocycles. The van der Waals surface area contributed by atoms with Crippen molar-refractivity contribution in [3.05, 3.63) is 22.2 Å². The minimum atomic E-state index is -0.114. The third-order valence-corrected chi connectivity index (χ3v) is 3.29. The Labute approximate surface area is 120 Å². The van der Waals surface area contributed by atoms with E-state index in [1.165, 1.54) is 0 Å². The third kappa shape index (κ3) is 3.61. The number of benzene rings is 1. The fourth-order valence-corrected chi connectivity index (χ4v) is 2.32. The van der Waals surface area contributed by atoms with E-state index in [1.807, 2.05) is 0 Å². The zero-order valence-corrected chi connectivity index (χ0v) is 12.4. The number of carbonyl (C=O) groups excluding carboxylic acids is 1. The highest BCUT2D eigenvalue weighted by Crippen LogP contribution is 2.39. The highest BCUT2D eigenvalue weighted by atomic mass is 79.9. The Morgan fingerprint density at radius 1 is 1.32 bits per heavy atom. The maximum absolute atomic E-state index is 12.0. The van der Waals surface area contributed by atoms with Crippen molar-refractivity contribution in [1.82, 2.24) is 10.6 Å². The van der Waals surface area contributed by atoms with Gasteiger partial charge in [-0.05, 0) is 41.0 Å². The van der Waals surface area contributed by atoms with Gasteiger partial charge in [0.2, 0.25) is 6.79 Å². The first-order valence-corrected chi connectivity index (χ1v) is 7.09. The van der Waals surface area contributed by atoms with Crippen LogP contribution in [0, 0.1) is 0 Å². The number of rotatable bonds is 6. The maximum Gasteiger partial charge on any atom is 0.251 e. The van der Waals surface area contributed by atoms with Gasteiger partial charge in [0.25, 0.3) is 5.91 Å². The summed E-state index contributed by atoms with van der Waals surface area (Å²) in [6.07, 6.45) is 1.09. The van der Waals surface area contributed by atoms with Crippen molar-refractivity contribution in [3.63, 3.8) is 0 Å². The van der Waals surface area contributed by atoms with E-state index in [4.69, 9.17) is 9.47 Å². The van der Waals surface area contributed by atoms with Gasteiger partial charge in [0.15, 0.2) is 11.5 Å². The Morgan fingerprint density at radius 3 is 2.95 bits per heavy atom. The van der Waals surface area contributed by atoms with Crippen molar-refractivity contribution in [1.29, 1.82) is 0 Å². The van der Waals surface area contributed by atoms with Crippen LogP contribution in [-0.4, -0.2) is 32.3 Å². The Morgan fingerprint density at radius 2 is 2.16 bits per heavy atom. The van der Waals surface area contributed by atoms with Crippen LogP contribution in [0.2, 0.25) is 0 Å². The van der Waals surface area contributed by atoms with E-state index < -0.39 is 0 Å². The van der Waals surface area contributed by atoms with Gasteiger partial charge >= 0.3 is 0 Å². The van der Waals surface area contributed by atoms with Crippen LogP contribution in [-0.2, 0) is 0 Å². The second-order valence-corrected chi connectivity index (χ2v) is 5.05. The monoisotopic (exact) mass is 328 g/mol.